The molecule has 0 fully saturated rings. The minimum atomic E-state index is -3.46. The van der Waals surface area contributed by atoms with Crippen molar-refractivity contribution >= 4 is 15.9 Å². The van der Waals surface area contributed by atoms with Crippen LogP contribution in [0.5, 0.6) is 0 Å². The van der Waals surface area contributed by atoms with Crippen molar-refractivity contribution in [1.82, 2.24) is 9.62 Å². The Hall–Kier alpha value is -1.40. The SMILES string of the molecule is CCCC(C)(C)NC(=O)c1ccc(S(=O)(=O)N(C)C)cc1. The highest BCUT2D eigenvalue weighted by Crippen LogP contribution is 2.16. The maximum Gasteiger partial charge on any atom is 0.251 e. The Morgan fingerprint density at radius 2 is 1.71 bits per heavy atom. The fourth-order valence-corrected chi connectivity index (χ4v) is 2.96. The highest BCUT2D eigenvalue weighted by atomic mass is 32.2. The number of benzene rings is 1. The van der Waals surface area contributed by atoms with Crippen molar-refractivity contribution in [3.63, 3.8) is 0 Å². The van der Waals surface area contributed by atoms with E-state index < -0.39 is 10.0 Å². The van der Waals surface area contributed by atoms with E-state index in [-0.39, 0.29) is 16.3 Å². The molecule has 0 aromatic heterocycles. The van der Waals surface area contributed by atoms with Crippen LogP contribution in [0.15, 0.2) is 29.2 Å². The highest BCUT2D eigenvalue weighted by Gasteiger charge is 2.21. The van der Waals surface area contributed by atoms with Crippen LogP contribution in [0.1, 0.15) is 44.0 Å². The summed E-state index contributed by atoms with van der Waals surface area (Å²) >= 11 is 0. The molecule has 5 nitrogen and oxygen atoms in total. The maximum absolute atomic E-state index is 12.2. The van der Waals surface area contributed by atoms with E-state index in [0.29, 0.717) is 5.56 Å². The third-order valence-electron chi connectivity index (χ3n) is 3.22. The molecule has 0 saturated carbocycles. The molecule has 0 heterocycles. The molecule has 0 spiro atoms. The molecule has 0 aliphatic rings. The third kappa shape index (κ3) is 4.54. The fourth-order valence-electron chi connectivity index (χ4n) is 2.06. The predicted octanol–water partition coefficient (Wildman–Crippen LogP) is 2.25. The Bertz CT molecular complexity index is 590. The number of nitrogens with one attached hydrogen (secondary N) is 1. The molecule has 0 bridgehead atoms. The number of amides is 1. The largest absolute Gasteiger partial charge is 0.347 e. The van der Waals surface area contributed by atoms with Crippen molar-refractivity contribution in [3.05, 3.63) is 29.8 Å². The van der Waals surface area contributed by atoms with Gasteiger partial charge in [-0.3, -0.25) is 4.79 Å². The average molecular weight is 312 g/mol. The summed E-state index contributed by atoms with van der Waals surface area (Å²) in [6, 6.07) is 5.98. The average Bonchev–Trinajstić information content (AvgIpc) is 2.37. The first-order valence-electron chi connectivity index (χ1n) is 6.95. The van der Waals surface area contributed by atoms with Crippen LogP contribution in [0.4, 0.5) is 0 Å². The van der Waals surface area contributed by atoms with Crippen LogP contribution in [-0.4, -0.2) is 38.3 Å². The summed E-state index contributed by atoms with van der Waals surface area (Å²) in [5.74, 6) is -0.192. The Morgan fingerprint density at radius 1 is 1.19 bits per heavy atom. The van der Waals surface area contributed by atoms with Gasteiger partial charge in [0, 0.05) is 25.2 Å². The lowest BCUT2D eigenvalue weighted by Gasteiger charge is -2.25. The zero-order valence-corrected chi connectivity index (χ0v) is 14.1. The Balaban J connectivity index is 2.91. The van der Waals surface area contributed by atoms with Gasteiger partial charge in [-0.2, -0.15) is 0 Å². The molecule has 0 atom stereocenters. The van der Waals surface area contributed by atoms with Gasteiger partial charge in [-0.05, 0) is 44.5 Å². The van der Waals surface area contributed by atoms with Crippen molar-refractivity contribution in [2.24, 2.45) is 0 Å². The van der Waals surface area contributed by atoms with Crippen LogP contribution in [0.2, 0.25) is 0 Å². The number of hydrogen-bond acceptors (Lipinski definition) is 3. The van der Waals surface area contributed by atoms with Gasteiger partial charge in [0.25, 0.3) is 5.91 Å². The van der Waals surface area contributed by atoms with Gasteiger partial charge < -0.3 is 5.32 Å². The van der Waals surface area contributed by atoms with E-state index in [1.807, 2.05) is 13.8 Å². The second-order valence-electron chi connectivity index (χ2n) is 5.90. The maximum atomic E-state index is 12.2. The van der Waals surface area contributed by atoms with Crippen molar-refractivity contribution in [3.8, 4) is 0 Å². The normalized spacial score (nSPS) is 12.5. The van der Waals surface area contributed by atoms with E-state index in [2.05, 4.69) is 12.2 Å². The summed E-state index contributed by atoms with van der Waals surface area (Å²) in [4.78, 5) is 12.3. The quantitative estimate of drug-likeness (QED) is 0.876. The van der Waals surface area contributed by atoms with E-state index in [1.165, 1.54) is 38.4 Å². The topological polar surface area (TPSA) is 66.5 Å². The van der Waals surface area contributed by atoms with Gasteiger partial charge in [0.2, 0.25) is 10.0 Å². The molecular formula is C15H24N2O3S. The van der Waals surface area contributed by atoms with Crippen LogP contribution >= 0.6 is 0 Å². The van der Waals surface area contributed by atoms with Gasteiger partial charge in [-0.25, -0.2) is 12.7 Å². The van der Waals surface area contributed by atoms with E-state index >= 15 is 0 Å². The molecule has 21 heavy (non-hydrogen) atoms. The molecule has 0 radical (unpaired) electrons. The number of rotatable bonds is 6. The minimum absolute atomic E-state index is 0.178. The summed E-state index contributed by atoms with van der Waals surface area (Å²) in [6.07, 6.45) is 1.86. The Kier molecular flexibility index (Phi) is 5.53. The zero-order valence-electron chi connectivity index (χ0n) is 13.3. The van der Waals surface area contributed by atoms with Crippen molar-refractivity contribution in [1.29, 1.82) is 0 Å². The molecule has 1 amide bonds. The van der Waals surface area contributed by atoms with Crippen LogP contribution in [0.3, 0.4) is 0 Å². The molecule has 0 aliphatic carbocycles. The fraction of sp³-hybridized carbons (Fsp3) is 0.533. The highest BCUT2D eigenvalue weighted by molar-refractivity contribution is 7.89. The molecule has 6 heteroatoms. The third-order valence-corrected chi connectivity index (χ3v) is 5.05. The Morgan fingerprint density at radius 3 is 2.14 bits per heavy atom. The summed E-state index contributed by atoms with van der Waals surface area (Å²) in [5, 5.41) is 2.96. The molecule has 0 unspecified atom stereocenters. The van der Waals surface area contributed by atoms with Crippen molar-refractivity contribution < 1.29 is 13.2 Å². The number of hydrogen-bond donors (Lipinski definition) is 1. The molecule has 118 valence electrons. The van der Waals surface area contributed by atoms with Gasteiger partial charge in [0.1, 0.15) is 0 Å². The first-order valence-corrected chi connectivity index (χ1v) is 8.39. The summed E-state index contributed by atoms with van der Waals surface area (Å²) < 4.78 is 25.1. The van der Waals surface area contributed by atoms with E-state index in [9.17, 15) is 13.2 Å². The number of carbonyl (C=O) groups is 1. The predicted molar refractivity (Wildman–Crippen MR) is 83.8 cm³/mol. The Labute approximate surface area is 127 Å². The zero-order chi connectivity index (χ0) is 16.3. The molecule has 1 aromatic carbocycles. The minimum Gasteiger partial charge on any atom is -0.347 e. The molecule has 1 aromatic rings. The van der Waals surface area contributed by atoms with Crippen LogP contribution in [0, 0.1) is 0 Å². The first-order chi connectivity index (χ1) is 9.60. The van der Waals surface area contributed by atoms with E-state index in [0.717, 1.165) is 17.1 Å². The van der Waals surface area contributed by atoms with Crippen LogP contribution in [0.25, 0.3) is 0 Å². The second-order valence-corrected chi connectivity index (χ2v) is 8.05. The van der Waals surface area contributed by atoms with Crippen LogP contribution in [-0.2, 0) is 10.0 Å². The molecule has 0 saturated heterocycles. The van der Waals surface area contributed by atoms with E-state index in [4.69, 9.17) is 0 Å². The van der Waals surface area contributed by atoms with Gasteiger partial charge in [-0.1, -0.05) is 13.3 Å². The van der Waals surface area contributed by atoms with Gasteiger partial charge in [0.05, 0.1) is 4.90 Å². The molecule has 1 rings (SSSR count). The van der Waals surface area contributed by atoms with E-state index in [1.54, 1.807) is 0 Å². The van der Waals surface area contributed by atoms with Crippen molar-refractivity contribution in [2.45, 2.75) is 44.0 Å². The first kappa shape index (κ1) is 17.7. The van der Waals surface area contributed by atoms with Crippen LogP contribution < -0.4 is 5.32 Å². The molecule has 1 N–H and O–H groups in total. The lowest BCUT2D eigenvalue weighted by Crippen LogP contribution is -2.43. The number of carbonyl (C=O) groups excluding carboxylic acids is 1. The second kappa shape index (κ2) is 6.58. The summed E-state index contributed by atoms with van der Waals surface area (Å²) in [6.45, 7) is 6.01. The van der Waals surface area contributed by atoms with Crippen molar-refractivity contribution in [2.75, 3.05) is 14.1 Å². The van der Waals surface area contributed by atoms with Gasteiger partial charge >= 0.3 is 0 Å². The number of sulfonamides is 1. The lowest BCUT2D eigenvalue weighted by molar-refractivity contribution is 0.0909. The number of nitrogens with zero attached hydrogens (tertiary/aromatic N) is 1. The summed E-state index contributed by atoms with van der Waals surface area (Å²) in [5.41, 5.74) is 0.178. The molecular weight excluding hydrogens is 288 g/mol. The monoisotopic (exact) mass is 312 g/mol. The molecule has 0 aliphatic heterocycles. The lowest BCUT2D eigenvalue weighted by atomic mass is 9.98. The smallest absolute Gasteiger partial charge is 0.251 e. The standard InChI is InChI=1S/C15H24N2O3S/c1-6-11-15(2,3)16-14(18)12-7-9-13(10-8-12)21(19,20)17(4)5/h7-10H,6,11H2,1-5H3,(H,16,18). The van der Waals surface area contributed by atoms with Gasteiger partial charge in [0.15, 0.2) is 0 Å². The summed E-state index contributed by atoms with van der Waals surface area (Å²) in [7, 11) is -0.511. The van der Waals surface area contributed by atoms with Gasteiger partial charge in [-0.15, -0.1) is 0 Å².